The largest absolute Gasteiger partial charge is 0.373 e. The molecule has 0 spiro atoms. The normalized spacial score (nSPS) is 14.9. The maximum atomic E-state index is 4.70. The van der Waals surface area contributed by atoms with Crippen LogP contribution < -0.4 is 10.6 Å². The molecular weight excluding hydrogens is 250 g/mol. The van der Waals surface area contributed by atoms with Gasteiger partial charge in [-0.3, -0.25) is 0 Å². The van der Waals surface area contributed by atoms with Crippen LogP contribution in [0.1, 0.15) is 44.0 Å². The van der Waals surface area contributed by atoms with Crippen LogP contribution in [0.3, 0.4) is 0 Å². The third-order valence-electron chi connectivity index (χ3n) is 3.98. The summed E-state index contributed by atoms with van der Waals surface area (Å²) in [5, 5.41) is 6.64. The topological polar surface area (TPSA) is 53.1 Å². The SMILES string of the molecule is CNc1nc(C2CC2)nc(NCCN(C)C(C)C)c1C. The zero-order chi connectivity index (χ0) is 14.7. The number of nitrogens with one attached hydrogen (secondary N) is 2. The lowest BCUT2D eigenvalue weighted by Crippen LogP contribution is -2.31. The first kappa shape index (κ1) is 15.0. The number of anilines is 2. The fourth-order valence-corrected chi connectivity index (χ4v) is 2.08. The molecule has 1 saturated carbocycles. The molecule has 5 heteroatoms. The molecule has 20 heavy (non-hydrogen) atoms. The third kappa shape index (κ3) is 3.60. The summed E-state index contributed by atoms with van der Waals surface area (Å²) in [5.74, 6) is 3.48. The van der Waals surface area contributed by atoms with Gasteiger partial charge in [-0.05, 0) is 40.7 Å². The molecule has 0 unspecified atom stereocenters. The van der Waals surface area contributed by atoms with Gasteiger partial charge in [-0.1, -0.05) is 0 Å². The Balaban J connectivity index is 2.04. The lowest BCUT2D eigenvalue weighted by molar-refractivity contribution is 0.284. The highest BCUT2D eigenvalue weighted by Gasteiger charge is 2.28. The van der Waals surface area contributed by atoms with Gasteiger partial charge in [0, 0.05) is 37.7 Å². The number of aromatic nitrogens is 2. The summed E-state index contributed by atoms with van der Waals surface area (Å²) in [7, 11) is 4.07. The molecule has 5 nitrogen and oxygen atoms in total. The highest BCUT2D eigenvalue weighted by Crippen LogP contribution is 2.39. The van der Waals surface area contributed by atoms with Gasteiger partial charge < -0.3 is 15.5 Å². The van der Waals surface area contributed by atoms with Crippen molar-refractivity contribution >= 4 is 11.6 Å². The van der Waals surface area contributed by atoms with Gasteiger partial charge in [-0.2, -0.15) is 0 Å². The second-order valence-electron chi connectivity index (χ2n) is 5.93. The van der Waals surface area contributed by atoms with E-state index in [9.17, 15) is 0 Å². The summed E-state index contributed by atoms with van der Waals surface area (Å²) in [6.07, 6.45) is 2.45. The standard InChI is InChI=1S/C15H27N5/c1-10(2)20(5)9-8-17-14-11(3)13(16-4)18-15(19-14)12-6-7-12/h10,12H,6-9H2,1-5H3,(H2,16,17,18,19). The molecule has 0 bridgehead atoms. The highest BCUT2D eigenvalue weighted by molar-refractivity contribution is 5.57. The number of nitrogens with zero attached hydrogens (tertiary/aromatic N) is 3. The maximum Gasteiger partial charge on any atom is 0.136 e. The molecule has 1 fully saturated rings. The minimum Gasteiger partial charge on any atom is -0.373 e. The molecule has 0 aliphatic heterocycles. The van der Waals surface area contributed by atoms with E-state index in [1.54, 1.807) is 0 Å². The highest BCUT2D eigenvalue weighted by atomic mass is 15.1. The van der Waals surface area contributed by atoms with E-state index in [1.807, 2.05) is 7.05 Å². The Morgan fingerprint density at radius 3 is 2.45 bits per heavy atom. The Morgan fingerprint density at radius 1 is 1.25 bits per heavy atom. The lowest BCUT2D eigenvalue weighted by atomic mass is 10.2. The number of likely N-dealkylation sites (N-methyl/N-ethyl adjacent to an activating group) is 1. The van der Waals surface area contributed by atoms with E-state index in [2.05, 4.69) is 48.3 Å². The van der Waals surface area contributed by atoms with Crippen LogP contribution in [-0.2, 0) is 0 Å². The molecule has 2 rings (SSSR count). The summed E-state index contributed by atoms with van der Waals surface area (Å²) >= 11 is 0. The third-order valence-corrected chi connectivity index (χ3v) is 3.98. The van der Waals surface area contributed by atoms with Gasteiger partial charge in [0.25, 0.3) is 0 Å². The first-order valence-corrected chi connectivity index (χ1v) is 7.53. The van der Waals surface area contributed by atoms with Crippen molar-refractivity contribution in [3.63, 3.8) is 0 Å². The Kier molecular flexibility index (Phi) is 4.81. The minimum atomic E-state index is 0.568. The van der Waals surface area contributed by atoms with Crippen molar-refractivity contribution in [2.24, 2.45) is 0 Å². The molecule has 1 aliphatic rings. The fraction of sp³-hybridized carbons (Fsp3) is 0.733. The van der Waals surface area contributed by atoms with Crippen molar-refractivity contribution in [2.45, 2.75) is 45.6 Å². The zero-order valence-electron chi connectivity index (χ0n) is 13.3. The van der Waals surface area contributed by atoms with Crippen LogP contribution in [-0.4, -0.2) is 48.1 Å². The van der Waals surface area contributed by atoms with E-state index < -0.39 is 0 Å². The van der Waals surface area contributed by atoms with Crippen molar-refractivity contribution in [1.82, 2.24) is 14.9 Å². The van der Waals surface area contributed by atoms with Crippen LogP contribution in [0, 0.1) is 6.92 Å². The summed E-state index contributed by atoms with van der Waals surface area (Å²) in [6, 6.07) is 0.568. The van der Waals surface area contributed by atoms with E-state index in [4.69, 9.17) is 4.98 Å². The van der Waals surface area contributed by atoms with Gasteiger partial charge in [-0.25, -0.2) is 9.97 Å². The Hall–Kier alpha value is -1.36. The summed E-state index contributed by atoms with van der Waals surface area (Å²) in [5.41, 5.74) is 1.10. The molecular formula is C15H27N5. The van der Waals surface area contributed by atoms with Crippen molar-refractivity contribution in [1.29, 1.82) is 0 Å². The maximum absolute atomic E-state index is 4.70. The van der Waals surface area contributed by atoms with Crippen LogP contribution in [0.5, 0.6) is 0 Å². The van der Waals surface area contributed by atoms with Gasteiger partial charge in [0.15, 0.2) is 0 Å². The first-order valence-electron chi connectivity index (χ1n) is 7.53. The summed E-state index contributed by atoms with van der Waals surface area (Å²) < 4.78 is 0. The minimum absolute atomic E-state index is 0.568. The van der Waals surface area contributed by atoms with E-state index in [0.29, 0.717) is 12.0 Å². The van der Waals surface area contributed by atoms with Crippen molar-refractivity contribution in [3.05, 3.63) is 11.4 Å². The van der Waals surface area contributed by atoms with Gasteiger partial charge in [0.2, 0.25) is 0 Å². The van der Waals surface area contributed by atoms with E-state index in [0.717, 1.165) is 36.1 Å². The average Bonchev–Trinajstić information content (AvgIpc) is 3.24. The molecule has 1 heterocycles. The first-order chi connectivity index (χ1) is 9.52. The Morgan fingerprint density at radius 2 is 1.90 bits per heavy atom. The lowest BCUT2D eigenvalue weighted by Gasteiger charge is -2.21. The molecule has 0 aromatic carbocycles. The van der Waals surface area contributed by atoms with Crippen LogP contribution in [0.4, 0.5) is 11.6 Å². The Labute approximate surface area is 122 Å². The molecule has 112 valence electrons. The second kappa shape index (κ2) is 6.39. The number of hydrogen-bond donors (Lipinski definition) is 2. The van der Waals surface area contributed by atoms with Crippen LogP contribution in [0.2, 0.25) is 0 Å². The molecule has 0 atom stereocenters. The van der Waals surface area contributed by atoms with Crippen molar-refractivity contribution in [2.75, 3.05) is 37.8 Å². The zero-order valence-corrected chi connectivity index (χ0v) is 13.3. The molecule has 0 saturated heterocycles. The smallest absolute Gasteiger partial charge is 0.136 e. The molecule has 0 amide bonds. The summed E-state index contributed by atoms with van der Waals surface area (Å²) in [6.45, 7) is 8.39. The monoisotopic (exact) mass is 277 g/mol. The van der Waals surface area contributed by atoms with Crippen molar-refractivity contribution in [3.8, 4) is 0 Å². The van der Waals surface area contributed by atoms with E-state index in [-0.39, 0.29) is 0 Å². The van der Waals surface area contributed by atoms with E-state index in [1.165, 1.54) is 12.8 Å². The molecule has 0 radical (unpaired) electrons. The molecule has 1 aromatic heterocycles. The van der Waals surface area contributed by atoms with Crippen molar-refractivity contribution < 1.29 is 0 Å². The van der Waals surface area contributed by atoms with Crippen LogP contribution in [0.15, 0.2) is 0 Å². The quantitative estimate of drug-likeness (QED) is 0.802. The summed E-state index contributed by atoms with van der Waals surface area (Å²) in [4.78, 5) is 11.6. The van der Waals surface area contributed by atoms with Crippen LogP contribution in [0.25, 0.3) is 0 Å². The van der Waals surface area contributed by atoms with Gasteiger partial charge >= 0.3 is 0 Å². The van der Waals surface area contributed by atoms with E-state index >= 15 is 0 Å². The fourth-order valence-electron chi connectivity index (χ4n) is 2.08. The van der Waals surface area contributed by atoms with Crippen LogP contribution >= 0.6 is 0 Å². The second-order valence-corrected chi connectivity index (χ2v) is 5.93. The van der Waals surface area contributed by atoms with Gasteiger partial charge in [0.1, 0.15) is 17.5 Å². The predicted molar refractivity (Wildman–Crippen MR) is 84.5 cm³/mol. The van der Waals surface area contributed by atoms with Gasteiger partial charge in [-0.15, -0.1) is 0 Å². The molecule has 2 N–H and O–H groups in total. The molecule has 1 aliphatic carbocycles. The Bertz CT molecular complexity index is 454. The average molecular weight is 277 g/mol. The number of rotatable bonds is 7. The number of hydrogen-bond acceptors (Lipinski definition) is 5. The van der Waals surface area contributed by atoms with Gasteiger partial charge in [0.05, 0.1) is 0 Å². The predicted octanol–water partition coefficient (Wildman–Crippen LogP) is 2.46. The molecule has 1 aromatic rings.